The minimum atomic E-state index is -1.24. The molecule has 1 aromatic carbocycles. The molecule has 9 nitrogen and oxygen atoms in total. The molecule has 3 N–H and O–H groups in total. The first kappa shape index (κ1) is 24.4. The van der Waals surface area contributed by atoms with Crippen LogP contribution in [0.15, 0.2) is 47.2 Å². The highest BCUT2D eigenvalue weighted by molar-refractivity contribution is 7.08. The predicted molar refractivity (Wildman–Crippen MR) is 122 cm³/mol. The number of rotatable bonds is 8. The van der Waals surface area contributed by atoms with Crippen molar-refractivity contribution in [3.8, 4) is 5.75 Å². The Morgan fingerprint density at radius 3 is 2.58 bits per heavy atom. The van der Waals surface area contributed by atoms with Crippen molar-refractivity contribution in [1.82, 2.24) is 10.2 Å². The van der Waals surface area contributed by atoms with Gasteiger partial charge in [0.05, 0.1) is 0 Å². The number of hydrogen-bond acceptors (Lipinski definition) is 7. The van der Waals surface area contributed by atoms with Crippen molar-refractivity contribution in [3.05, 3.63) is 52.7 Å². The number of carbonyl (C=O) groups excluding carboxylic acids is 4. The van der Waals surface area contributed by atoms with Gasteiger partial charge >= 0.3 is 6.09 Å². The van der Waals surface area contributed by atoms with Crippen LogP contribution in [0.5, 0.6) is 5.75 Å². The highest BCUT2D eigenvalue weighted by atomic mass is 32.1. The lowest BCUT2D eigenvalue weighted by atomic mass is 9.78. The molecule has 1 fully saturated rings. The smallest absolute Gasteiger partial charge is 0.409 e. The number of carbonyl (C=O) groups is 4. The van der Waals surface area contributed by atoms with Crippen molar-refractivity contribution in [2.75, 3.05) is 13.7 Å². The molecule has 0 saturated carbocycles. The normalized spacial score (nSPS) is 19.1. The summed E-state index contributed by atoms with van der Waals surface area (Å²) in [4.78, 5) is 51.3. The number of ether oxygens (including phenoxy) is 2. The zero-order chi connectivity index (χ0) is 24.2. The average molecular weight is 474 g/mol. The fourth-order valence-corrected chi connectivity index (χ4v) is 4.42. The SMILES string of the molecule is CN(C(=O)[C@H](CC(C)(C)c1ccccc1)NC(=O)Oc1ccsc1)C1C(=O)COC1C(N)=O. The van der Waals surface area contributed by atoms with Gasteiger partial charge in [0.15, 0.2) is 11.9 Å². The number of amides is 3. The average Bonchev–Trinajstić information content (AvgIpc) is 3.42. The number of nitrogens with one attached hydrogen (secondary N) is 1. The second kappa shape index (κ2) is 10.1. The van der Waals surface area contributed by atoms with E-state index in [0.29, 0.717) is 5.75 Å². The lowest BCUT2D eigenvalue weighted by Gasteiger charge is -2.34. The summed E-state index contributed by atoms with van der Waals surface area (Å²) in [6.07, 6.45) is -1.83. The maximum Gasteiger partial charge on any atom is 0.413 e. The Balaban J connectivity index is 1.84. The number of primary amides is 1. The Bertz CT molecular complexity index is 1010. The van der Waals surface area contributed by atoms with Crippen molar-refractivity contribution in [2.24, 2.45) is 5.73 Å². The first-order chi connectivity index (χ1) is 15.6. The number of nitrogens with two attached hydrogens (primary N) is 1. The van der Waals surface area contributed by atoms with Gasteiger partial charge in [0.1, 0.15) is 24.4 Å². The molecule has 0 radical (unpaired) electrons. The van der Waals surface area contributed by atoms with Gasteiger partial charge in [0.25, 0.3) is 0 Å². The van der Waals surface area contributed by atoms with Gasteiger partial charge in [-0.1, -0.05) is 44.2 Å². The molecule has 1 aliphatic rings. The molecule has 10 heteroatoms. The number of hydrogen-bond donors (Lipinski definition) is 2. The van der Waals surface area contributed by atoms with Crippen LogP contribution >= 0.6 is 11.3 Å². The van der Waals surface area contributed by atoms with E-state index >= 15 is 0 Å². The summed E-state index contributed by atoms with van der Waals surface area (Å²) in [7, 11) is 1.39. The van der Waals surface area contributed by atoms with Crippen LogP contribution in [0, 0.1) is 0 Å². The largest absolute Gasteiger partial charge is 0.413 e. The summed E-state index contributed by atoms with van der Waals surface area (Å²) in [5.41, 5.74) is 5.81. The first-order valence-electron chi connectivity index (χ1n) is 10.4. The molecule has 1 aromatic heterocycles. The van der Waals surface area contributed by atoms with Crippen molar-refractivity contribution in [2.45, 2.75) is 43.9 Å². The molecule has 33 heavy (non-hydrogen) atoms. The Morgan fingerprint density at radius 2 is 1.97 bits per heavy atom. The van der Waals surface area contributed by atoms with Gasteiger partial charge in [0, 0.05) is 12.4 Å². The van der Waals surface area contributed by atoms with Gasteiger partial charge < -0.3 is 25.4 Å². The summed E-state index contributed by atoms with van der Waals surface area (Å²) in [6.45, 7) is 3.58. The number of likely N-dealkylation sites (N-methyl/N-ethyl adjacent to an activating group) is 1. The van der Waals surface area contributed by atoms with Crippen molar-refractivity contribution < 1.29 is 28.7 Å². The number of Topliss-reactive ketones (excluding diaryl/α,β-unsaturated/α-hetero) is 1. The topological polar surface area (TPSA) is 128 Å². The Morgan fingerprint density at radius 1 is 1.27 bits per heavy atom. The molecule has 3 atom stereocenters. The van der Waals surface area contributed by atoms with E-state index in [1.54, 1.807) is 16.8 Å². The van der Waals surface area contributed by atoms with Crippen molar-refractivity contribution in [1.29, 1.82) is 0 Å². The van der Waals surface area contributed by atoms with E-state index in [-0.39, 0.29) is 13.0 Å². The fourth-order valence-electron chi connectivity index (χ4n) is 3.86. The van der Waals surface area contributed by atoms with Crippen LogP contribution in [0.25, 0.3) is 0 Å². The van der Waals surface area contributed by atoms with Gasteiger partial charge in [-0.15, -0.1) is 11.3 Å². The van der Waals surface area contributed by atoms with Crippen molar-refractivity contribution in [3.63, 3.8) is 0 Å². The number of benzene rings is 1. The molecule has 0 aliphatic carbocycles. The van der Waals surface area contributed by atoms with E-state index in [1.807, 2.05) is 44.2 Å². The number of thiophene rings is 1. The van der Waals surface area contributed by atoms with E-state index in [9.17, 15) is 19.2 Å². The Labute approximate surface area is 195 Å². The first-order valence-corrected chi connectivity index (χ1v) is 11.3. The quantitative estimate of drug-likeness (QED) is 0.602. The summed E-state index contributed by atoms with van der Waals surface area (Å²) < 4.78 is 10.4. The van der Waals surface area contributed by atoms with Crippen LogP contribution in [0.1, 0.15) is 25.8 Å². The van der Waals surface area contributed by atoms with Crippen LogP contribution in [-0.4, -0.2) is 60.4 Å². The molecule has 0 bridgehead atoms. The second-order valence-electron chi connectivity index (χ2n) is 8.49. The van der Waals surface area contributed by atoms with E-state index in [2.05, 4.69) is 5.32 Å². The molecular weight excluding hydrogens is 446 g/mol. The molecule has 1 saturated heterocycles. The molecule has 2 heterocycles. The van der Waals surface area contributed by atoms with Crippen LogP contribution in [0.3, 0.4) is 0 Å². The number of nitrogens with zero attached hydrogens (tertiary/aromatic N) is 1. The summed E-state index contributed by atoms with van der Waals surface area (Å²) in [5.74, 6) is -1.48. The van der Waals surface area contributed by atoms with Crippen LogP contribution in [0.4, 0.5) is 4.79 Å². The maximum atomic E-state index is 13.5. The maximum absolute atomic E-state index is 13.5. The van der Waals surface area contributed by atoms with E-state index < -0.39 is 47.3 Å². The lowest BCUT2D eigenvalue weighted by molar-refractivity contribution is -0.141. The lowest BCUT2D eigenvalue weighted by Crippen LogP contribution is -2.57. The molecule has 3 amide bonds. The Kier molecular flexibility index (Phi) is 7.50. The standard InChI is InChI=1S/C23H27N3O6S/c1-23(2,14-7-5-4-6-8-14)11-16(25-22(30)32-15-9-10-33-13-15)21(29)26(3)18-17(27)12-31-19(18)20(24)28/h4-10,13,16,18-19H,11-12H2,1-3H3,(H2,24,28)(H,25,30)/t16-,18?,19?/m0/s1. The monoisotopic (exact) mass is 473 g/mol. The van der Waals surface area contributed by atoms with Crippen LogP contribution in [0.2, 0.25) is 0 Å². The molecule has 1 aliphatic heterocycles. The second-order valence-corrected chi connectivity index (χ2v) is 9.27. The third-order valence-corrected chi connectivity index (χ3v) is 6.29. The third kappa shape index (κ3) is 5.77. The van der Waals surface area contributed by atoms with E-state index in [4.69, 9.17) is 15.2 Å². The summed E-state index contributed by atoms with van der Waals surface area (Å²) in [5, 5.41) is 6.04. The van der Waals surface area contributed by atoms with Gasteiger partial charge in [-0.25, -0.2) is 4.79 Å². The predicted octanol–water partition coefficient (Wildman–Crippen LogP) is 1.85. The van der Waals surface area contributed by atoms with Crippen LogP contribution < -0.4 is 15.8 Å². The molecule has 0 spiro atoms. The zero-order valence-electron chi connectivity index (χ0n) is 18.6. The zero-order valence-corrected chi connectivity index (χ0v) is 19.5. The highest BCUT2D eigenvalue weighted by Crippen LogP contribution is 2.29. The van der Waals surface area contributed by atoms with Gasteiger partial charge in [-0.2, -0.15) is 0 Å². The Hall–Kier alpha value is -3.24. The highest BCUT2D eigenvalue weighted by Gasteiger charge is 2.45. The minimum Gasteiger partial charge on any atom is -0.409 e. The molecular formula is C23H27N3O6S. The van der Waals surface area contributed by atoms with Crippen LogP contribution in [-0.2, 0) is 24.5 Å². The fraction of sp³-hybridized carbons (Fsp3) is 0.391. The summed E-state index contributed by atoms with van der Waals surface area (Å²) >= 11 is 1.36. The van der Waals surface area contributed by atoms with Gasteiger partial charge in [0.2, 0.25) is 11.8 Å². The molecule has 2 unspecified atom stereocenters. The molecule has 176 valence electrons. The molecule has 3 rings (SSSR count). The third-order valence-electron chi connectivity index (χ3n) is 5.63. The molecule has 2 aromatic rings. The minimum absolute atomic E-state index is 0.210. The van der Waals surface area contributed by atoms with Crippen molar-refractivity contribution >= 4 is 35.0 Å². The van der Waals surface area contributed by atoms with Gasteiger partial charge in [-0.05, 0) is 28.8 Å². The summed E-state index contributed by atoms with van der Waals surface area (Å²) in [6, 6.07) is 8.98. The van der Waals surface area contributed by atoms with E-state index in [1.165, 1.54) is 18.4 Å². The number of ketones is 1. The van der Waals surface area contributed by atoms with E-state index in [0.717, 1.165) is 10.5 Å². The van der Waals surface area contributed by atoms with Gasteiger partial charge in [-0.3, -0.25) is 14.4 Å².